The van der Waals surface area contributed by atoms with E-state index in [2.05, 4.69) is 56.6 Å². The van der Waals surface area contributed by atoms with Crippen LogP contribution in [-0.4, -0.2) is 50.9 Å². The smallest absolute Gasteiger partial charge is 0.224 e. The van der Waals surface area contributed by atoms with Gasteiger partial charge in [-0.2, -0.15) is 0 Å². The van der Waals surface area contributed by atoms with Crippen LogP contribution in [0.5, 0.6) is 0 Å². The van der Waals surface area contributed by atoms with Gasteiger partial charge < -0.3 is 9.47 Å². The van der Waals surface area contributed by atoms with Crippen LogP contribution in [-0.2, 0) is 24.3 Å². The van der Waals surface area contributed by atoms with E-state index in [9.17, 15) is 4.79 Å². The summed E-state index contributed by atoms with van der Waals surface area (Å²) in [5.41, 5.74) is 1.36. The van der Waals surface area contributed by atoms with E-state index in [1.807, 2.05) is 12.4 Å². The summed E-state index contributed by atoms with van der Waals surface area (Å²) in [5.74, 6) is 1.98. The summed E-state index contributed by atoms with van der Waals surface area (Å²) < 4.78 is 2.12. The minimum absolute atomic E-state index is 0.307. The molecule has 1 aromatic carbocycles. The Labute approximate surface area is 162 Å². The standard InChI is InChI=1S/C22H30N4O/c1-2-21-23-11-13-25(21)12-10-22(27)26-16-19-8-9-20(26)17-24(15-19)14-18-6-4-3-5-7-18/h3-7,11,13,19-20H,2,8-10,12,14-17H2,1H3/t19-,20+/m0/s1. The van der Waals surface area contributed by atoms with Gasteiger partial charge in [-0.05, 0) is 24.3 Å². The number of aromatic nitrogens is 2. The summed E-state index contributed by atoms with van der Waals surface area (Å²) in [6.07, 6.45) is 7.70. The first-order valence-electron chi connectivity index (χ1n) is 10.3. The third kappa shape index (κ3) is 4.24. The van der Waals surface area contributed by atoms with Crippen molar-refractivity contribution in [2.24, 2.45) is 5.92 Å². The average Bonchev–Trinajstić information content (AvgIpc) is 2.98. The molecule has 5 heteroatoms. The largest absolute Gasteiger partial charge is 0.338 e. The number of hydrogen-bond donors (Lipinski definition) is 0. The zero-order valence-electron chi connectivity index (χ0n) is 16.3. The minimum Gasteiger partial charge on any atom is -0.338 e. The summed E-state index contributed by atoms with van der Waals surface area (Å²) in [5, 5.41) is 0. The van der Waals surface area contributed by atoms with Crippen LogP contribution in [0.15, 0.2) is 42.7 Å². The number of benzene rings is 1. The molecular weight excluding hydrogens is 336 g/mol. The van der Waals surface area contributed by atoms with Gasteiger partial charge in [-0.25, -0.2) is 4.98 Å². The van der Waals surface area contributed by atoms with Gasteiger partial charge in [0.1, 0.15) is 5.82 Å². The third-order valence-electron chi connectivity index (χ3n) is 6.04. The van der Waals surface area contributed by atoms with Crippen molar-refractivity contribution in [1.29, 1.82) is 0 Å². The zero-order valence-corrected chi connectivity index (χ0v) is 16.3. The van der Waals surface area contributed by atoms with Crippen molar-refractivity contribution < 1.29 is 4.79 Å². The fraction of sp³-hybridized carbons (Fsp3) is 0.545. The van der Waals surface area contributed by atoms with Gasteiger partial charge in [-0.15, -0.1) is 0 Å². The van der Waals surface area contributed by atoms with Crippen LogP contribution in [0.25, 0.3) is 0 Å². The molecule has 3 aliphatic rings. The lowest BCUT2D eigenvalue weighted by molar-refractivity contribution is -0.135. The summed E-state index contributed by atoms with van der Waals surface area (Å²) in [7, 11) is 0. The van der Waals surface area contributed by atoms with E-state index < -0.39 is 0 Å². The molecule has 27 heavy (non-hydrogen) atoms. The first kappa shape index (κ1) is 18.2. The Morgan fingerprint density at radius 2 is 2.00 bits per heavy atom. The maximum atomic E-state index is 13.0. The first-order valence-corrected chi connectivity index (χ1v) is 10.3. The number of aryl methyl sites for hydroxylation is 2. The van der Waals surface area contributed by atoms with Crippen LogP contribution in [0.3, 0.4) is 0 Å². The maximum absolute atomic E-state index is 13.0. The molecule has 0 N–H and O–H groups in total. The molecule has 3 saturated heterocycles. The topological polar surface area (TPSA) is 41.4 Å². The number of carbonyl (C=O) groups is 1. The van der Waals surface area contributed by atoms with Crippen LogP contribution in [0.4, 0.5) is 0 Å². The molecule has 1 aromatic heterocycles. The number of amides is 1. The van der Waals surface area contributed by atoms with Crippen LogP contribution < -0.4 is 0 Å². The Morgan fingerprint density at radius 3 is 2.81 bits per heavy atom. The van der Waals surface area contributed by atoms with E-state index >= 15 is 0 Å². The van der Waals surface area contributed by atoms with Gasteiger partial charge in [-0.3, -0.25) is 9.69 Å². The molecule has 5 nitrogen and oxygen atoms in total. The molecule has 0 radical (unpaired) electrons. The van der Waals surface area contributed by atoms with E-state index in [0.717, 1.165) is 51.4 Å². The van der Waals surface area contributed by atoms with Crippen molar-refractivity contribution >= 4 is 5.91 Å². The van der Waals surface area contributed by atoms with Gasteiger partial charge in [0.15, 0.2) is 0 Å². The van der Waals surface area contributed by atoms with Gasteiger partial charge in [0.05, 0.1) is 0 Å². The van der Waals surface area contributed by atoms with Crippen LogP contribution >= 0.6 is 0 Å². The van der Waals surface area contributed by atoms with E-state index in [1.165, 1.54) is 12.0 Å². The molecule has 5 rings (SSSR count). The normalized spacial score (nSPS) is 22.8. The number of fused-ring (bicyclic) bond motifs is 4. The fourth-order valence-corrected chi connectivity index (χ4v) is 4.67. The fourth-order valence-electron chi connectivity index (χ4n) is 4.67. The highest BCUT2D eigenvalue weighted by atomic mass is 16.2. The first-order chi connectivity index (χ1) is 13.2. The average molecular weight is 367 g/mol. The van der Waals surface area contributed by atoms with Crippen molar-refractivity contribution in [3.05, 3.63) is 54.1 Å². The number of imidazole rings is 1. The van der Waals surface area contributed by atoms with Gasteiger partial charge in [0, 0.05) is 64.0 Å². The molecule has 0 aliphatic carbocycles. The number of carbonyl (C=O) groups excluding carboxylic acids is 1. The predicted molar refractivity (Wildman–Crippen MR) is 106 cm³/mol. The molecule has 2 aromatic rings. The number of nitrogens with zero attached hydrogens (tertiary/aromatic N) is 4. The van der Waals surface area contributed by atoms with Crippen LogP contribution in [0.1, 0.15) is 37.6 Å². The lowest BCUT2D eigenvalue weighted by Crippen LogP contribution is -2.47. The monoisotopic (exact) mass is 366 g/mol. The van der Waals surface area contributed by atoms with Gasteiger partial charge >= 0.3 is 0 Å². The molecule has 3 aliphatic heterocycles. The minimum atomic E-state index is 0.307. The second kappa shape index (κ2) is 8.26. The zero-order chi connectivity index (χ0) is 18.6. The van der Waals surface area contributed by atoms with E-state index in [-0.39, 0.29) is 0 Å². The summed E-state index contributed by atoms with van der Waals surface area (Å²) >= 11 is 0. The van der Waals surface area contributed by atoms with Gasteiger partial charge in [0.2, 0.25) is 5.91 Å². The van der Waals surface area contributed by atoms with Crippen LogP contribution in [0.2, 0.25) is 0 Å². The number of rotatable bonds is 6. The molecule has 0 saturated carbocycles. The Morgan fingerprint density at radius 1 is 1.15 bits per heavy atom. The molecule has 2 atom stereocenters. The highest BCUT2D eigenvalue weighted by Crippen LogP contribution is 2.29. The Kier molecular flexibility index (Phi) is 5.58. The highest BCUT2D eigenvalue weighted by molar-refractivity contribution is 5.76. The van der Waals surface area contributed by atoms with Gasteiger partial charge in [-0.1, -0.05) is 37.3 Å². The predicted octanol–water partition coefficient (Wildman–Crippen LogP) is 2.96. The molecule has 1 amide bonds. The molecule has 3 fully saturated rings. The second-order valence-corrected chi connectivity index (χ2v) is 7.96. The SMILES string of the molecule is CCc1nccn1CCC(=O)N1C[C@H]2CC[C@@H]1CN(Cc1ccccc1)C2. The van der Waals surface area contributed by atoms with Crippen molar-refractivity contribution in [2.75, 3.05) is 19.6 Å². The summed E-state index contributed by atoms with van der Waals surface area (Å²) in [4.78, 5) is 22.1. The Balaban J connectivity index is 1.37. The number of piperidine rings is 1. The van der Waals surface area contributed by atoms with Gasteiger partial charge in [0.25, 0.3) is 0 Å². The molecular formula is C22H30N4O. The molecule has 0 unspecified atom stereocenters. The molecule has 2 bridgehead atoms. The molecule has 0 spiro atoms. The van der Waals surface area contributed by atoms with E-state index in [4.69, 9.17) is 0 Å². The Bertz CT molecular complexity index is 757. The maximum Gasteiger partial charge on any atom is 0.224 e. The number of hydrogen-bond acceptors (Lipinski definition) is 3. The van der Waals surface area contributed by atoms with E-state index in [1.54, 1.807) is 0 Å². The lowest BCUT2D eigenvalue weighted by Gasteiger charge is -2.36. The summed E-state index contributed by atoms with van der Waals surface area (Å²) in [6.45, 7) is 6.88. The van der Waals surface area contributed by atoms with E-state index in [0.29, 0.717) is 24.3 Å². The van der Waals surface area contributed by atoms with Crippen molar-refractivity contribution in [3.63, 3.8) is 0 Å². The molecule has 144 valence electrons. The van der Waals surface area contributed by atoms with Crippen LogP contribution in [0, 0.1) is 5.92 Å². The third-order valence-corrected chi connectivity index (χ3v) is 6.04. The summed E-state index contributed by atoms with van der Waals surface area (Å²) in [6, 6.07) is 11.1. The highest BCUT2D eigenvalue weighted by Gasteiger charge is 2.36. The lowest BCUT2D eigenvalue weighted by atomic mass is 9.94. The van der Waals surface area contributed by atoms with Crippen molar-refractivity contribution in [2.45, 2.75) is 51.7 Å². The Hall–Kier alpha value is -2.14. The molecule has 4 heterocycles. The van der Waals surface area contributed by atoms with Crippen molar-refractivity contribution in [3.8, 4) is 0 Å². The second-order valence-electron chi connectivity index (χ2n) is 7.96. The quantitative estimate of drug-likeness (QED) is 0.789. The van der Waals surface area contributed by atoms with Crippen molar-refractivity contribution in [1.82, 2.24) is 19.4 Å².